The lowest BCUT2D eigenvalue weighted by Crippen LogP contribution is -2.44. The third-order valence-electron chi connectivity index (χ3n) is 2.39. The van der Waals surface area contributed by atoms with Gasteiger partial charge in [0, 0.05) is 18.8 Å². The molecule has 0 aliphatic carbocycles. The van der Waals surface area contributed by atoms with Crippen LogP contribution in [0.5, 0.6) is 5.75 Å². The number of ether oxygens (including phenoxy) is 1. The van der Waals surface area contributed by atoms with Gasteiger partial charge in [-0.2, -0.15) is 0 Å². The number of hydrogen-bond donors (Lipinski definition) is 3. The van der Waals surface area contributed by atoms with E-state index in [9.17, 15) is 9.59 Å². The Hall–Kier alpha value is -1.76. The van der Waals surface area contributed by atoms with Crippen LogP contribution in [0.15, 0.2) is 22.7 Å². The Morgan fingerprint density at radius 2 is 2.05 bits per heavy atom. The Morgan fingerprint density at radius 3 is 2.63 bits per heavy atom. The molecular weight excluding hydrogens is 314 g/mol. The zero-order valence-corrected chi connectivity index (χ0v) is 12.5. The number of benzene rings is 1. The minimum atomic E-state index is -0.553. The van der Waals surface area contributed by atoms with Crippen molar-refractivity contribution >= 4 is 33.6 Å². The minimum Gasteiger partial charge on any atom is -0.495 e. The molecular formula is C12H16BrN3O3. The molecule has 1 aromatic rings. The summed E-state index contributed by atoms with van der Waals surface area (Å²) in [5.74, 6) is 0.241. The Balaban J connectivity index is 2.68. The summed E-state index contributed by atoms with van der Waals surface area (Å²) >= 11 is 3.34. The number of anilines is 1. The summed E-state index contributed by atoms with van der Waals surface area (Å²) in [4.78, 5) is 22.7. The normalized spacial score (nSPS) is 11.4. The zero-order chi connectivity index (χ0) is 14.4. The molecule has 1 unspecified atom stereocenters. The summed E-state index contributed by atoms with van der Waals surface area (Å²) in [6.07, 6.45) is 0. The van der Waals surface area contributed by atoms with Crippen LogP contribution < -0.4 is 20.7 Å². The average molecular weight is 330 g/mol. The van der Waals surface area contributed by atoms with Crippen LogP contribution in [0.3, 0.4) is 0 Å². The molecule has 0 saturated heterocycles. The predicted molar refractivity (Wildman–Crippen MR) is 76.4 cm³/mol. The molecule has 6 nitrogen and oxygen atoms in total. The molecule has 0 heterocycles. The van der Waals surface area contributed by atoms with Crippen molar-refractivity contribution in [3.8, 4) is 5.75 Å². The quantitative estimate of drug-likeness (QED) is 0.785. The van der Waals surface area contributed by atoms with Gasteiger partial charge in [0.25, 0.3) is 0 Å². The van der Waals surface area contributed by atoms with Crippen LogP contribution in [-0.4, -0.2) is 32.1 Å². The van der Waals surface area contributed by atoms with Gasteiger partial charge >= 0.3 is 6.03 Å². The Bertz CT molecular complexity index is 479. The highest BCUT2D eigenvalue weighted by Gasteiger charge is 2.15. The number of rotatable bonds is 4. The third kappa shape index (κ3) is 4.44. The standard InChI is InChI=1S/C12H16BrN3O3/c1-7(11(17)16-12(18)14-2)15-8-4-5-9(13)10(6-8)19-3/h4-7,15H,1-3H3,(H2,14,16,17,18). The first kappa shape index (κ1) is 15.3. The van der Waals surface area contributed by atoms with Gasteiger partial charge in [0.15, 0.2) is 0 Å². The summed E-state index contributed by atoms with van der Waals surface area (Å²) in [6.45, 7) is 1.66. The van der Waals surface area contributed by atoms with E-state index in [1.165, 1.54) is 7.05 Å². The lowest BCUT2D eigenvalue weighted by molar-refractivity contribution is -0.120. The molecule has 0 bridgehead atoms. The second kappa shape index (κ2) is 6.98. The van der Waals surface area contributed by atoms with E-state index in [-0.39, 0.29) is 0 Å². The lowest BCUT2D eigenvalue weighted by atomic mass is 10.2. The van der Waals surface area contributed by atoms with E-state index in [0.29, 0.717) is 5.75 Å². The number of halogens is 1. The van der Waals surface area contributed by atoms with Crippen LogP contribution in [0.1, 0.15) is 6.92 Å². The topological polar surface area (TPSA) is 79.5 Å². The monoisotopic (exact) mass is 329 g/mol. The molecule has 0 aliphatic rings. The summed E-state index contributed by atoms with van der Waals surface area (Å²) in [6, 6.07) is 4.28. The van der Waals surface area contributed by atoms with Crippen molar-refractivity contribution in [2.24, 2.45) is 0 Å². The first-order valence-corrected chi connectivity index (χ1v) is 6.40. The largest absolute Gasteiger partial charge is 0.495 e. The number of methoxy groups -OCH3 is 1. The van der Waals surface area contributed by atoms with Crippen LogP contribution in [0.2, 0.25) is 0 Å². The molecule has 1 rings (SSSR count). The molecule has 0 spiro atoms. The van der Waals surface area contributed by atoms with Crippen LogP contribution in [-0.2, 0) is 4.79 Å². The van der Waals surface area contributed by atoms with Crippen LogP contribution >= 0.6 is 15.9 Å². The zero-order valence-electron chi connectivity index (χ0n) is 10.9. The van der Waals surface area contributed by atoms with Gasteiger partial charge in [-0.05, 0) is 35.0 Å². The molecule has 3 amide bonds. The van der Waals surface area contributed by atoms with Gasteiger partial charge in [0.1, 0.15) is 11.8 Å². The van der Waals surface area contributed by atoms with Gasteiger partial charge in [-0.15, -0.1) is 0 Å². The second-order valence-corrected chi connectivity index (χ2v) is 4.64. The minimum absolute atomic E-state index is 0.416. The summed E-state index contributed by atoms with van der Waals surface area (Å²) < 4.78 is 5.98. The maximum Gasteiger partial charge on any atom is 0.321 e. The van der Waals surface area contributed by atoms with E-state index in [4.69, 9.17) is 4.74 Å². The molecule has 0 aromatic heterocycles. The van der Waals surface area contributed by atoms with Crippen molar-refractivity contribution in [2.75, 3.05) is 19.5 Å². The van der Waals surface area contributed by atoms with E-state index >= 15 is 0 Å². The summed E-state index contributed by atoms with van der Waals surface area (Å²) in [5, 5.41) is 7.49. The Morgan fingerprint density at radius 1 is 1.37 bits per heavy atom. The van der Waals surface area contributed by atoms with E-state index in [2.05, 4.69) is 31.9 Å². The van der Waals surface area contributed by atoms with E-state index in [0.717, 1.165) is 10.2 Å². The maximum atomic E-state index is 11.7. The van der Waals surface area contributed by atoms with Crippen molar-refractivity contribution in [3.05, 3.63) is 22.7 Å². The van der Waals surface area contributed by atoms with Gasteiger partial charge in [-0.3, -0.25) is 10.1 Å². The molecule has 0 aliphatic heterocycles. The van der Waals surface area contributed by atoms with Gasteiger partial charge in [0.05, 0.1) is 11.6 Å². The molecule has 0 saturated carbocycles. The van der Waals surface area contributed by atoms with E-state index < -0.39 is 18.0 Å². The molecule has 0 radical (unpaired) electrons. The SMILES string of the molecule is CNC(=O)NC(=O)C(C)Nc1ccc(Br)c(OC)c1. The van der Waals surface area contributed by atoms with Crippen molar-refractivity contribution in [1.29, 1.82) is 0 Å². The number of hydrogen-bond acceptors (Lipinski definition) is 4. The number of carbonyl (C=O) groups is 2. The average Bonchev–Trinajstić information content (AvgIpc) is 2.40. The molecule has 1 aromatic carbocycles. The van der Waals surface area contributed by atoms with Gasteiger partial charge in [-0.25, -0.2) is 4.79 Å². The fraction of sp³-hybridized carbons (Fsp3) is 0.333. The Labute approximate surface area is 120 Å². The highest BCUT2D eigenvalue weighted by molar-refractivity contribution is 9.10. The summed E-state index contributed by atoms with van der Waals surface area (Å²) in [7, 11) is 3.01. The maximum absolute atomic E-state index is 11.7. The van der Waals surface area contributed by atoms with Crippen molar-refractivity contribution < 1.29 is 14.3 Å². The van der Waals surface area contributed by atoms with Crippen LogP contribution in [0, 0.1) is 0 Å². The number of imide groups is 1. The highest BCUT2D eigenvalue weighted by Crippen LogP contribution is 2.28. The first-order valence-electron chi connectivity index (χ1n) is 5.60. The van der Waals surface area contributed by atoms with Gasteiger partial charge < -0.3 is 15.4 Å². The van der Waals surface area contributed by atoms with Crippen molar-refractivity contribution in [1.82, 2.24) is 10.6 Å². The molecule has 0 fully saturated rings. The number of carbonyl (C=O) groups excluding carboxylic acids is 2. The Kier molecular flexibility index (Phi) is 5.62. The van der Waals surface area contributed by atoms with Gasteiger partial charge in [-0.1, -0.05) is 0 Å². The lowest BCUT2D eigenvalue weighted by Gasteiger charge is -2.15. The molecule has 1 atom stereocenters. The van der Waals surface area contributed by atoms with E-state index in [1.807, 2.05) is 6.07 Å². The van der Waals surface area contributed by atoms with Crippen LogP contribution in [0.25, 0.3) is 0 Å². The third-order valence-corrected chi connectivity index (χ3v) is 3.05. The van der Waals surface area contributed by atoms with E-state index in [1.54, 1.807) is 26.2 Å². The predicted octanol–water partition coefficient (Wildman–Crippen LogP) is 1.71. The van der Waals surface area contributed by atoms with Gasteiger partial charge in [0.2, 0.25) is 5.91 Å². The van der Waals surface area contributed by atoms with Crippen LogP contribution in [0.4, 0.5) is 10.5 Å². The molecule has 3 N–H and O–H groups in total. The fourth-order valence-electron chi connectivity index (χ4n) is 1.35. The highest BCUT2D eigenvalue weighted by atomic mass is 79.9. The fourth-order valence-corrected chi connectivity index (χ4v) is 1.76. The molecule has 104 valence electrons. The second-order valence-electron chi connectivity index (χ2n) is 3.78. The smallest absolute Gasteiger partial charge is 0.321 e. The van der Waals surface area contributed by atoms with Crippen molar-refractivity contribution in [3.63, 3.8) is 0 Å². The summed E-state index contributed by atoms with van der Waals surface area (Å²) in [5.41, 5.74) is 0.722. The molecule has 19 heavy (non-hydrogen) atoms. The number of nitrogens with one attached hydrogen (secondary N) is 3. The number of urea groups is 1. The van der Waals surface area contributed by atoms with Crippen molar-refractivity contribution in [2.45, 2.75) is 13.0 Å². The molecule has 7 heteroatoms. The number of amides is 3. The first-order chi connectivity index (χ1) is 8.97.